The molecular formula is C9H12OV. The Morgan fingerprint density at radius 3 is 1.91 bits per heavy atom. The van der Waals surface area contributed by atoms with E-state index in [-0.39, 0.29) is 18.6 Å². The summed E-state index contributed by atoms with van der Waals surface area (Å²) >= 11 is 0. The van der Waals surface area contributed by atoms with Gasteiger partial charge in [0.1, 0.15) is 5.75 Å². The topological polar surface area (TPSA) is 20.2 Å². The Morgan fingerprint density at radius 1 is 1.09 bits per heavy atom. The van der Waals surface area contributed by atoms with E-state index in [4.69, 9.17) is 5.11 Å². The molecule has 1 aromatic rings. The number of phenolic OH excluding ortho intramolecular Hbond substituents is 1. The first-order chi connectivity index (χ1) is 4.70. The number of hydrogen-bond acceptors (Lipinski definition) is 1. The second-order valence-corrected chi connectivity index (χ2v) is 2.75. The molecule has 0 atom stereocenters. The molecule has 0 saturated heterocycles. The van der Waals surface area contributed by atoms with E-state index in [0.29, 0.717) is 11.7 Å². The normalized spacial score (nSPS) is 9.36. The summed E-state index contributed by atoms with van der Waals surface area (Å²) in [4.78, 5) is 0. The van der Waals surface area contributed by atoms with Gasteiger partial charge in [0.05, 0.1) is 0 Å². The number of rotatable bonds is 1. The van der Waals surface area contributed by atoms with Gasteiger partial charge in [-0.15, -0.1) is 0 Å². The molecular weight excluding hydrogens is 175 g/mol. The van der Waals surface area contributed by atoms with E-state index in [0.717, 1.165) is 0 Å². The van der Waals surface area contributed by atoms with Crippen LogP contribution in [0.5, 0.6) is 5.75 Å². The van der Waals surface area contributed by atoms with E-state index >= 15 is 0 Å². The SMILES string of the molecule is CC(C)c1ccc(O)cc1.[V]. The average molecular weight is 187 g/mol. The third-order valence-corrected chi connectivity index (χ3v) is 1.56. The van der Waals surface area contributed by atoms with Crippen LogP contribution in [0.1, 0.15) is 25.3 Å². The minimum atomic E-state index is 0. The fraction of sp³-hybridized carbons (Fsp3) is 0.333. The van der Waals surface area contributed by atoms with Crippen molar-refractivity contribution in [2.75, 3.05) is 0 Å². The van der Waals surface area contributed by atoms with E-state index in [2.05, 4.69) is 13.8 Å². The van der Waals surface area contributed by atoms with Crippen molar-refractivity contribution in [3.63, 3.8) is 0 Å². The summed E-state index contributed by atoms with van der Waals surface area (Å²) < 4.78 is 0. The number of phenols is 1. The summed E-state index contributed by atoms with van der Waals surface area (Å²) in [6, 6.07) is 7.32. The molecule has 1 rings (SSSR count). The van der Waals surface area contributed by atoms with Crippen molar-refractivity contribution in [1.82, 2.24) is 0 Å². The zero-order valence-corrected chi connectivity index (χ0v) is 8.18. The Labute approximate surface area is 79.3 Å². The Balaban J connectivity index is 0.000001000. The van der Waals surface area contributed by atoms with E-state index in [9.17, 15) is 0 Å². The molecule has 0 aliphatic carbocycles. The Morgan fingerprint density at radius 2 is 1.55 bits per heavy atom. The van der Waals surface area contributed by atoms with Crippen LogP contribution in [0, 0.1) is 0 Å². The van der Waals surface area contributed by atoms with Crippen molar-refractivity contribution in [2.24, 2.45) is 0 Å². The van der Waals surface area contributed by atoms with Gasteiger partial charge in [0.2, 0.25) is 0 Å². The van der Waals surface area contributed by atoms with Crippen LogP contribution in [0.3, 0.4) is 0 Å². The van der Waals surface area contributed by atoms with Crippen LogP contribution < -0.4 is 0 Å². The maximum Gasteiger partial charge on any atom is 0.115 e. The van der Waals surface area contributed by atoms with Crippen LogP contribution in [0.4, 0.5) is 0 Å². The molecule has 1 N–H and O–H groups in total. The molecule has 1 radical (unpaired) electrons. The smallest absolute Gasteiger partial charge is 0.115 e. The van der Waals surface area contributed by atoms with Crippen LogP contribution in [0.25, 0.3) is 0 Å². The fourth-order valence-electron chi connectivity index (χ4n) is 0.859. The number of hydrogen-bond donors (Lipinski definition) is 1. The predicted octanol–water partition coefficient (Wildman–Crippen LogP) is 2.51. The molecule has 2 heteroatoms. The summed E-state index contributed by atoms with van der Waals surface area (Å²) in [7, 11) is 0. The molecule has 0 aromatic heterocycles. The average Bonchev–Trinajstić information content (AvgIpc) is 1.88. The Bertz CT molecular complexity index is 203. The van der Waals surface area contributed by atoms with Gasteiger partial charge in [-0.1, -0.05) is 26.0 Å². The first-order valence-electron chi connectivity index (χ1n) is 3.49. The third-order valence-electron chi connectivity index (χ3n) is 1.56. The summed E-state index contributed by atoms with van der Waals surface area (Å²) in [6.45, 7) is 4.26. The number of benzene rings is 1. The van der Waals surface area contributed by atoms with Crippen molar-refractivity contribution in [2.45, 2.75) is 19.8 Å². The monoisotopic (exact) mass is 187 g/mol. The van der Waals surface area contributed by atoms with Gasteiger partial charge in [0.25, 0.3) is 0 Å². The van der Waals surface area contributed by atoms with Crippen LogP contribution in [0.2, 0.25) is 0 Å². The zero-order chi connectivity index (χ0) is 7.56. The molecule has 11 heavy (non-hydrogen) atoms. The van der Waals surface area contributed by atoms with Gasteiger partial charge in [0.15, 0.2) is 0 Å². The first-order valence-corrected chi connectivity index (χ1v) is 3.49. The maximum absolute atomic E-state index is 8.94. The second kappa shape index (κ2) is 4.48. The summed E-state index contributed by atoms with van der Waals surface area (Å²) in [5, 5.41) is 8.94. The molecule has 0 saturated carbocycles. The van der Waals surface area contributed by atoms with Gasteiger partial charge in [-0.05, 0) is 23.6 Å². The van der Waals surface area contributed by atoms with Crippen molar-refractivity contribution in [1.29, 1.82) is 0 Å². The summed E-state index contributed by atoms with van der Waals surface area (Å²) in [5.41, 5.74) is 1.26. The summed E-state index contributed by atoms with van der Waals surface area (Å²) in [6.07, 6.45) is 0. The minimum Gasteiger partial charge on any atom is -0.508 e. The minimum absolute atomic E-state index is 0. The second-order valence-electron chi connectivity index (χ2n) is 2.75. The maximum atomic E-state index is 8.94. The van der Waals surface area contributed by atoms with Crippen molar-refractivity contribution in [3.8, 4) is 5.75 Å². The van der Waals surface area contributed by atoms with E-state index in [1.165, 1.54) is 5.56 Å². The van der Waals surface area contributed by atoms with E-state index in [1.54, 1.807) is 12.1 Å². The summed E-state index contributed by atoms with van der Waals surface area (Å²) in [5.74, 6) is 0.880. The van der Waals surface area contributed by atoms with Crippen LogP contribution in [-0.4, -0.2) is 5.11 Å². The quantitative estimate of drug-likeness (QED) is 0.716. The molecule has 1 nitrogen and oxygen atoms in total. The van der Waals surface area contributed by atoms with Gasteiger partial charge >= 0.3 is 0 Å². The van der Waals surface area contributed by atoms with Gasteiger partial charge in [-0.2, -0.15) is 0 Å². The Hall–Kier alpha value is -0.396. The molecule has 59 valence electrons. The van der Waals surface area contributed by atoms with E-state index in [1.807, 2.05) is 12.1 Å². The number of aromatic hydroxyl groups is 1. The van der Waals surface area contributed by atoms with Crippen molar-refractivity contribution in [3.05, 3.63) is 29.8 Å². The molecule has 0 aliphatic rings. The van der Waals surface area contributed by atoms with Crippen LogP contribution >= 0.6 is 0 Å². The third kappa shape index (κ3) is 3.00. The van der Waals surface area contributed by atoms with Gasteiger partial charge in [0, 0.05) is 18.6 Å². The zero-order valence-electron chi connectivity index (χ0n) is 6.78. The largest absolute Gasteiger partial charge is 0.508 e. The molecule has 0 amide bonds. The van der Waals surface area contributed by atoms with Gasteiger partial charge < -0.3 is 5.11 Å². The van der Waals surface area contributed by atoms with Crippen molar-refractivity contribution < 1.29 is 23.7 Å². The van der Waals surface area contributed by atoms with Gasteiger partial charge in [-0.3, -0.25) is 0 Å². The molecule has 0 aliphatic heterocycles. The van der Waals surface area contributed by atoms with Gasteiger partial charge in [-0.25, -0.2) is 0 Å². The van der Waals surface area contributed by atoms with Crippen LogP contribution in [0.15, 0.2) is 24.3 Å². The molecule has 0 unspecified atom stereocenters. The van der Waals surface area contributed by atoms with Crippen molar-refractivity contribution >= 4 is 0 Å². The molecule has 0 fully saturated rings. The van der Waals surface area contributed by atoms with Crippen LogP contribution in [-0.2, 0) is 18.6 Å². The predicted molar refractivity (Wildman–Crippen MR) is 42.2 cm³/mol. The Kier molecular flexibility index (Phi) is 4.31. The standard InChI is InChI=1S/C9H12O.V/c1-7(2)8-3-5-9(10)6-4-8;/h3-7,10H,1-2H3;. The molecule has 0 spiro atoms. The fourth-order valence-corrected chi connectivity index (χ4v) is 0.859. The molecule has 1 aromatic carbocycles. The molecule has 0 bridgehead atoms. The molecule has 0 heterocycles. The van der Waals surface area contributed by atoms with E-state index < -0.39 is 0 Å². The first kappa shape index (κ1) is 10.6.